The second kappa shape index (κ2) is 5.27. The molecule has 0 atom stereocenters. The highest BCUT2D eigenvalue weighted by molar-refractivity contribution is 7.99. The van der Waals surface area contributed by atoms with Crippen molar-refractivity contribution in [2.75, 3.05) is 0 Å². The quantitative estimate of drug-likeness (QED) is 0.374. The predicted molar refractivity (Wildman–Crippen MR) is 72.1 cm³/mol. The van der Waals surface area contributed by atoms with Gasteiger partial charge in [-0.3, -0.25) is 10.1 Å². The van der Waals surface area contributed by atoms with Crippen molar-refractivity contribution in [2.24, 2.45) is 0 Å². The minimum absolute atomic E-state index is 0.0550. The maximum Gasteiger partial charge on any atom is 0.286 e. The van der Waals surface area contributed by atoms with E-state index in [1.165, 1.54) is 6.20 Å². The molecule has 1 heterocycles. The minimum atomic E-state index is -0.408. The molecular formula is C13H12N2O3S. The van der Waals surface area contributed by atoms with E-state index < -0.39 is 4.92 Å². The van der Waals surface area contributed by atoms with Crippen LogP contribution in [0.4, 0.5) is 5.69 Å². The third kappa shape index (κ3) is 2.85. The fourth-order valence-electron chi connectivity index (χ4n) is 1.84. The van der Waals surface area contributed by atoms with Crippen LogP contribution in [0.15, 0.2) is 46.5 Å². The van der Waals surface area contributed by atoms with E-state index in [1.54, 1.807) is 37.3 Å². The van der Waals surface area contributed by atoms with E-state index >= 15 is 0 Å². The molecule has 0 amide bonds. The highest BCUT2D eigenvalue weighted by atomic mass is 32.2. The number of pyridine rings is 1. The van der Waals surface area contributed by atoms with E-state index in [-0.39, 0.29) is 5.69 Å². The zero-order chi connectivity index (χ0) is 14.0. The maximum absolute atomic E-state index is 11.6. The highest BCUT2D eigenvalue weighted by Crippen LogP contribution is 2.36. The van der Waals surface area contributed by atoms with Gasteiger partial charge in [0.25, 0.3) is 10.7 Å². The van der Waals surface area contributed by atoms with Crippen molar-refractivity contribution >= 4 is 17.4 Å². The van der Waals surface area contributed by atoms with Crippen molar-refractivity contribution < 1.29 is 9.65 Å². The summed E-state index contributed by atoms with van der Waals surface area (Å²) in [6, 6.07) is 8.47. The van der Waals surface area contributed by atoms with E-state index in [2.05, 4.69) is 0 Å². The van der Waals surface area contributed by atoms with Gasteiger partial charge in [-0.1, -0.05) is 0 Å². The van der Waals surface area contributed by atoms with Crippen molar-refractivity contribution in [2.45, 2.75) is 23.8 Å². The predicted octanol–water partition coefficient (Wildman–Crippen LogP) is 3.00. The topological polar surface area (TPSA) is 70.1 Å². The van der Waals surface area contributed by atoms with Crippen molar-refractivity contribution in [3.63, 3.8) is 0 Å². The smallest absolute Gasteiger partial charge is 0.286 e. The van der Waals surface area contributed by atoms with Gasteiger partial charge in [0.15, 0.2) is 6.20 Å². The van der Waals surface area contributed by atoms with Gasteiger partial charge in [0, 0.05) is 17.7 Å². The summed E-state index contributed by atoms with van der Waals surface area (Å²) in [5.74, 6) is 0. The number of aryl methyl sites for hydroxylation is 2. The lowest BCUT2D eigenvalue weighted by Crippen LogP contribution is -2.27. The van der Waals surface area contributed by atoms with Gasteiger partial charge in [-0.25, -0.2) is 0 Å². The Kier molecular flexibility index (Phi) is 3.71. The summed E-state index contributed by atoms with van der Waals surface area (Å²) in [4.78, 5) is 11.2. The molecule has 2 aromatic rings. The molecule has 0 spiro atoms. The van der Waals surface area contributed by atoms with Gasteiger partial charge in [0.05, 0.1) is 9.82 Å². The van der Waals surface area contributed by atoms with E-state index in [0.29, 0.717) is 20.2 Å². The molecule has 0 aliphatic heterocycles. The Morgan fingerprint density at radius 1 is 1.26 bits per heavy atom. The van der Waals surface area contributed by atoms with Crippen LogP contribution in [0, 0.1) is 29.2 Å². The average molecular weight is 276 g/mol. The minimum Gasteiger partial charge on any atom is -0.618 e. The molecule has 0 bridgehead atoms. The molecule has 19 heavy (non-hydrogen) atoms. The second-order valence-electron chi connectivity index (χ2n) is 4.15. The van der Waals surface area contributed by atoms with Crippen LogP contribution < -0.4 is 4.73 Å². The van der Waals surface area contributed by atoms with Crippen LogP contribution in [0.25, 0.3) is 0 Å². The monoisotopic (exact) mass is 276 g/mol. The van der Waals surface area contributed by atoms with E-state index in [0.717, 1.165) is 17.3 Å². The van der Waals surface area contributed by atoms with Gasteiger partial charge in [0.2, 0.25) is 0 Å². The Balaban J connectivity index is 2.51. The Hall–Kier alpha value is -2.08. The number of hydrogen-bond donors (Lipinski definition) is 0. The number of nitrogens with zero attached hydrogens (tertiary/aromatic N) is 2. The number of nitro benzene ring substituents is 1. The lowest BCUT2D eigenvalue weighted by molar-refractivity contribution is -0.645. The molecule has 1 aromatic heterocycles. The lowest BCUT2D eigenvalue weighted by Gasteiger charge is -2.07. The molecule has 0 fully saturated rings. The SMILES string of the molecule is Cc1cc(C)c([N+](=O)[O-])c(Sc2cccc[n+]2[O-])c1. The molecule has 0 aliphatic rings. The summed E-state index contributed by atoms with van der Waals surface area (Å²) < 4.78 is 0.700. The first-order chi connectivity index (χ1) is 8.99. The number of benzene rings is 1. The molecule has 6 heteroatoms. The van der Waals surface area contributed by atoms with Gasteiger partial charge in [0.1, 0.15) is 0 Å². The van der Waals surface area contributed by atoms with E-state index in [9.17, 15) is 15.3 Å². The van der Waals surface area contributed by atoms with Crippen molar-refractivity contribution in [1.29, 1.82) is 0 Å². The fourth-order valence-corrected chi connectivity index (χ4v) is 2.94. The van der Waals surface area contributed by atoms with Crippen LogP contribution in [-0.2, 0) is 0 Å². The zero-order valence-corrected chi connectivity index (χ0v) is 11.3. The van der Waals surface area contributed by atoms with Crippen LogP contribution in [0.3, 0.4) is 0 Å². The third-order valence-electron chi connectivity index (χ3n) is 2.60. The maximum atomic E-state index is 11.6. The first-order valence-corrected chi connectivity index (χ1v) is 6.42. The van der Waals surface area contributed by atoms with Crippen molar-refractivity contribution in [3.05, 3.63) is 63.0 Å². The zero-order valence-electron chi connectivity index (χ0n) is 10.5. The third-order valence-corrected chi connectivity index (χ3v) is 3.65. The van der Waals surface area contributed by atoms with Crippen molar-refractivity contribution in [3.8, 4) is 0 Å². The molecule has 98 valence electrons. The van der Waals surface area contributed by atoms with E-state index in [1.807, 2.05) is 6.92 Å². The summed E-state index contributed by atoms with van der Waals surface area (Å²) in [5, 5.41) is 23.1. The van der Waals surface area contributed by atoms with Gasteiger partial charge in [-0.15, -0.1) is 0 Å². The molecule has 0 saturated carbocycles. The molecule has 0 aliphatic carbocycles. The number of hydrogen-bond acceptors (Lipinski definition) is 4. The average Bonchev–Trinajstić information content (AvgIpc) is 2.30. The molecule has 0 unspecified atom stereocenters. The first-order valence-electron chi connectivity index (χ1n) is 5.60. The number of nitro groups is 1. The van der Waals surface area contributed by atoms with Gasteiger partial charge in [-0.2, -0.15) is 4.73 Å². The second-order valence-corrected chi connectivity index (χ2v) is 5.21. The highest BCUT2D eigenvalue weighted by Gasteiger charge is 2.21. The Morgan fingerprint density at radius 3 is 2.63 bits per heavy atom. The summed E-state index contributed by atoms with van der Waals surface area (Å²) in [6.45, 7) is 3.57. The van der Waals surface area contributed by atoms with Crippen LogP contribution in [-0.4, -0.2) is 4.92 Å². The first kappa shape index (κ1) is 13.4. The standard InChI is InChI=1S/C13H12N2O3S/c1-9-7-10(2)13(15(17)18)11(8-9)19-12-5-3-4-6-14(12)16/h3-8H,1-2H3. The number of rotatable bonds is 3. The molecular weight excluding hydrogens is 264 g/mol. The fraction of sp³-hybridized carbons (Fsp3) is 0.154. The molecule has 0 radical (unpaired) electrons. The van der Waals surface area contributed by atoms with Crippen LogP contribution in [0.2, 0.25) is 0 Å². The van der Waals surface area contributed by atoms with E-state index in [4.69, 9.17) is 0 Å². The molecule has 1 aromatic carbocycles. The largest absolute Gasteiger partial charge is 0.618 e. The summed E-state index contributed by atoms with van der Waals surface area (Å²) in [7, 11) is 0. The summed E-state index contributed by atoms with van der Waals surface area (Å²) in [6.07, 6.45) is 1.37. The van der Waals surface area contributed by atoms with Gasteiger partial charge < -0.3 is 5.21 Å². The summed E-state index contributed by atoms with van der Waals surface area (Å²) >= 11 is 1.11. The molecule has 0 saturated heterocycles. The van der Waals surface area contributed by atoms with Gasteiger partial charge >= 0.3 is 0 Å². The van der Waals surface area contributed by atoms with Crippen LogP contribution in [0.1, 0.15) is 11.1 Å². The Morgan fingerprint density at radius 2 is 2.00 bits per heavy atom. The molecule has 0 N–H and O–H groups in total. The number of aromatic nitrogens is 1. The normalized spacial score (nSPS) is 10.4. The lowest BCUT2D eigenvalue weighted by atomic mass is 10.1. The molecule has 2 rings (SSSR count). The Labute approximate surface area is 114 Å². The molecule has 5 nitrogen and oxygen atoms in total. The van der Waals surface area contributed by atoms with Crippen LogP contribution >= 0.6 is 11.8 Å². The van der Waals surface area contributed by atoms with Gasteiger partial charge in [-0.05, 0) is 49.4 Å². The Bertz CT molecular complexity index is 644. The van der Waals surface area contributed by atoms with Crippen molar-refractivity contribution in [1.82, 2.24) is 0 Å². The summed E-state index contributed by atoms with van der Waals surface area (Å²) in [5.41, 5.74) is 1.58. The van der Waals surface area contributed by atoms with Crippen LogP contribution in [0.5, 0.6) is 0 Å².